The average Bonchev–Trinajstić information content (AvgIpc) is 2.80. The SMILES string of the molecule is CCCCOc1ccccc1NC(=O)c1ccc(NC(C)c2ccc(CC(C)C)cc2)cc1C. The number of ether oxygens (including phenoxy) is 1. The molecule has 0 fully saturated rings. The molecule has 180 valence electrons. The van der Waals surface area contributed by atoms with Gasteiger partial charge in [0.05, 0.1) is 12.3 Å². The number of carbonyl (C=O) groups excluding carboxylic acids is 1. The molecule has 34 heavy (non-hydrogen) atoms. The van der Waals surface area contributed by atoms with Crippen molar-refractivity contribution in [3.63, 3.8) is 0 Å². The Labute approximate surface area is 204 Å². The van der Waals surface area contributed by atoms with Crippen molar-refractivity contribution in [2.45, 2.75) is 59.9 Å². The van der Waals surface area contributed by atoms with Crippen LogP contribution in [0.2, 0.25) is 0 Å². The molecule has 0 aliphatic heterocycles. The maximum atomic E-state index is 13.0. The molecule has 0 spiro atoms. The lowest BCUT2D eigenvalue weighted by molar-refractivity contribution is 0.102. The average molecular weight is 459 g/mol. The molecule has 0 aromatic heterocycles. The summed E-state index contributed by atoms with van der Waals surface area (Å²) < 4.78 is 5.85. The van der Waals surface area contributed by atoms with Crippen molar-refractivity contribution in [2.24, 2.45) is 5.92 Å². The highest BCUT2D eigenvalue weighted by Crippen LogP contribution is 2.26. The van der Waals surface area contributed by atoms with Crippen LogP contribution in [0.4, 0.5) is 11.4 Å². The Morgan fingerprint density at radius 1 is 0.971 bits per heavy atom. The highest BCUT2D eigenvalue weighted by Gasteiger charge is 2.14. The van der Waals surface area contributed by atoms with E-state index >= 15 is 0 Å². The molecule has 0 heterocycles. The van der Waals surface area contributed by atoms with Crippen molar-refractivity contribution < 1.29 is 9.53 Å². The largest absolute Gasteiger partial charge is 0.491 e. The molecule has 0 aliphatic rings. The first-order valence-corrected chi connectivity index (χ1v) is 12.4. The van der Waals surface area contributed by atoms with Crippen molar-refractivity contribution in [2.75, 3.05) is 17.2 Å². The normalized spacial score (nSPS) is 11.8. The van der Waals surface area contributed by atoms with E-state index in [1.165, 1.54) is 11.1 Å². The van der Waals surface area contributed by atoms with Crippen LogP contribution in [-0.4, -0.2) is 12.5 Å². The second kappa shape index (κ2) is 12.3. The fourth-order valence-electron chi connectivity index (χ4n) is 3.97. The Morgan fingerprint density at radius 3 is 2.38 bits per heavy atom. The monoisotopic (exact) mass is 458 g/mol. The molecule has 1 atom stereocenters. The van der Waals surface area contributed by atoms with Crippen LogP contribution in [0.1, 0.15) is 73.6 Å². The topological polar surface area (TPSA) is 50.4 Å². The van der Waals surface area contributed by atoms with Gasteiger partial charge in [0, 0.05) is 17.3 Å². The van der Waals surface area contributed by atoms with Gasteiger partial charge in [-0.05, 0) is 79.6 Å². The first-order chi connectivity index (χ1) is 16.4. The Hall–Kier alpha value is -3.27. The number of amides is 1. The van der Waals surface area contributed by atoms with Crippen LogP contribution < -0.4 is 15.4 Å². The van der Waals surface area contributed by atoms with E-state index in [2.05, 4.69) is 62.6 Å². The number of para-hydroxylation sites is 2. The zero-order valence-corrected chi connectivity index (χ0v) is 21.2. The van der Waals surface area contributed by atoms with E-state index in [0.29, 0.717) is 29.5 Å². The van der Waals surface area contributed by atoms with Crippen molar-refractivity contribution in [3.05, 3.63) is 89.0 Å². The van der Waals surface area contributed by atoms with Crippen molar-refractivity contribution >= 4 is 17.3 Å². The minimum atomic E-state index is -0.135. The molecule has 3 aromatic rings. The predicted molar refractivity (Wildman–Crippen MR) is 143 cm³/mol. The fraction of sp³-hybridized carbons (Fsp3) is 0.367. The van der Waals surface area contributed by atoms with E-state index in [0.717, 1.165) is 30.5 Å². The van der Waals surface area contributed by atoms with Gasteiger partial charge in [0.2, 0.25) is 0 Å². The van der Waals surface area contributed by atoms with E-state index < -0.39 is 0 Å². The lowest BCUT2D eigenvalue weighted by Gasteiger charge is -2.18. The number of aryl methyl sites for hydroxylation is 1. The zero-order valence-electron chi connectivity index (χ0n) is 21.2. The second-order valence-corrected chi connectivity index (χ2v) is 9.39. The Kier molecular flexibility index (Phi) is 9.15. The summed E-state index contributed by atoms with van der Waals surface area (Å²) in [5, 5.41) is 6.58. The third-order valence-electron chi connectivity index (χ3n) is 5.87. The molecule has 0 aliphatic carbocycles. The number of rotatable bonds is 11. The van der Waals surface area contributed by atoms with Gasteiger partial charge in [0.1, 0.15) is 5.75 Å². The number of benzene rings is 3. The summed E-state index contributed by atoms with van der Waals surface area (Å²) in [6.07, 6.45) is 3.15. The Bertz CT molecular complexity index is 1070. The Balaban J connectivity index is 1.65. The van der Waals surface area contributed by atoms with Crippen molar-refractivity contribution in [3.8, 4) is 5.75 Å². The molecule has 0 radical (unpaired) electrons. The molecule has 1 unspecified atom stereocenters. The first-order valence-electron chi connectivity index (χ1n) is 12.4. The fourth-order valence-corrected chi connectivity index (χ4v) is 3.97. The number of nitrogens with one attached hydrogen (secondary N) is 2. The number of unbranched alkanes of at least 4 members (excludes halogenated alkanes) is 1. The van der Waals surface area contributed by atoms with E-state index in [1.807, 2.05) is 49.4 Å². The molecule has 0 saturated carbocycles. The van der Waals surface area contributed by atoms with Gasteiger partial charge in [0.15, 0.2) is 0 Å². The van der Waals surface area contributed by atoms with Crippen LogP contribution in [0, 0.1) is 12.8 Å². The molecule has 2 N–H and O–H groups in total. The van der Waals surface area contributed by atoms with Gasteiger partial charge in [-0.2, -0.15) is 0 Å². The maximum absolute atomic E-state index is 13.0. The van der Waals surface area contributed by atoms with E-state index in [9.17, 15) is 4.79 Å². The van der Waals surface area contributed by atoms with Gasteiger partial charge in [-0.15, -0.1) is 0 Å². The lowest BCUT2D eigenvalue weighted by atomic mass is 9.99. The van der Waals surface area contributed by atoms with Gasteiger partial charge in [-0.25, -0.2) is 0 Å². The third kappa shape index (κ3) is 7.11. The predicted octanol–water partition coefficient (Wildman–Crippen LogP) is 7.80. The van der Waals surface area contributed by atoms with Crippen LogP contribution in [-0.2, 0) is 6.42 Å². The number of hydrogen-bond acceptors (Lipinski definition) is 3. The highest BCUT2D eigenvalue weighted by atomic mass is 16.5. The van der Waals surface area contributed by atoms with E-state index in [1.54, 1.807) is 0 Å². The molecule has 3 rings (SSSR count). The van der Waals surface area contributed by atoms with Gasteiger partial charge < -0.3 is 15.4 Å². The van der Waals surface area contributed by atoms with Crippen LogP contribution in [0.25, 0.3) is 0 Å². The summed E-state index contributed by atoms with van der Waals surface area (Å²) in [4.78, 5) is 13.0. The second-order valence-electron chi connectivity index (χ2n) is 9.39. The number of anilines is 2. The van der Waals surface area contributed by atoms with E-state index in [-0.39, 0.29) is 11.9 Å². The van der Waals surface area contributed by atoms with Crippen molar-refractivity contribution in [1.82, 2.24) is 0 Å². The quantitative estimate of drug-likeness (QED) is 0.288. The minimum absolute atomic E-state index is 0.135. The summed E-state index contributed by atoms with van der Waals surface area (Å²) in [5.74, 6) is 1.22. The lowest BCUT2D eigenvalue weighted by Crippen LogP contribution is -2.15. The zero-order chi connectivity index (χ0) is 24.5. The van der Waals surface area contributed by atoms with Crippen LogP contribution in [0.3, 0.4) is 0 Å². The minimum Gasteiger partial charge on any atom is -0.491 e. The van der Waals surface area contributed by atoms with Crippen LogP contribution in [0.5, 0.6) is 5.75 Å². The summed E-state index contributed by atoms with van der Waals surface area (Å²) >= 11 is 0. The molecular formula is C30H38N2O2. The Morgan fingerprint density at radius 2 is 1.71 bits per heavy atom. The number of carbonyl (C=O) groups is 1. The number of hydrogen-bond donors (Lipinski definition) is 2. The van der Waals surface area contributed by atoms with Gasteiger partial charge in [0.25, 0.3) is 5.91 Å². The molecule has 0 bridgehead atoms. The van der Waals surface area contributed by atoms with Gasteiger partial charge >= 0.3 is 0 Å². The van der Waals surface area contributed by atoms with Crippen LogP contribution in [0.15, 0.2) is 66.7 Å². The first kappa shape index (κ1) is 25.4. The summed E-state index contributed by atoms with van der Waals surface area (Å²) in [7, 11) is 0. The summed E-state index contributed by atoms with van der Waals surface area (Å²) in [5.41, 5.74) is 5.88. The van der Waals surface area contributed by atoms with Crippen LogP contribution >= 0.6 is 0 Å². The van der Waals surface area contributed by atoms with Gasteiger partial charge in [-0.1, -0.05) is 63.6 Å². The molecule has 1 amide bonds. The highest BCUT2D eigenvalue weighted by molar-refractivity contribution is 6.06. The van der Waals surface area contributed by atoms with Gasteiger partial charge in [-0.3, -0.25) is 4.79 Å². The smallest absolute Gasteiger partial charge is 0.256 e. The standard InChI is InChI=1S/C30H38N2O2/c1-6-7-18-34-29-11-9-8-10-28(29)32-30(33)27-17-16-26(20-22(27)4)31-23(5)25-14-12-24(13-15-25)19-21(2)3/h8-17,20-21,23,31H,6-7,18-19H2,1-5H3,(H,32,33). The molecule has 3 aromatic carbocycles. The molecule has 4 heteroatoms. The summed E-state index contributed by atoms with van der Waals surface area (Å²) in [6, 6.07) is 22.5. The van der Waals surface area contributed by atoms with Crippen molar-refractivity contribution in [1.29, 1.82) is 0 Å². The molecule has 4 nitrogen and oxygen atoms in total. The van der Waals surface area contributed by atoms with E-state index in [4.69, 9.17) is 4.74 Å². The molecular weight excluding hydrogens is 420 g/mol. The molecule has 0 saturated heterocycles. The summed E-state index contributed by atoms with van der Waals surface area (Å²) in [6.45, 7) is 11.4. The third-order valence-corrected chi connectivity index (χ3v) is 5.87. The maximum Gasteiger partial charge on any atom is 0.256 e.